The van der Waals surface area contributed by atoms with Crippen molar-refractivity contribution in [3.8, 4) is 0 Å². The van der Waals surface area contributed by atoms with Crippen LogP contribution in [0.5, 0.6) is 0 Å². The Balaban J connectivity index is 2.11. The standard InChI is InChI=1S/C9H10O2/c1-2-6-10-8(4-1)9-5-3-7-11-9/h2-3,5-8H,1,4H2. The van der Waals surface area contributed by atoms with Gasteiger partial charge in [0, 0.05) is 0 Å². The molecule has 0 saturated heterocycles. The quantitative estimate of drug-likeness (QED) is 0.614. The van der Waals surface area contributed by atoms with Crippen molar-refractivity contribution in [3.05, 3.63) is 36.5 Å². The van der Waals surface area contributed by atoms with Gasteiger partial charge in [0.1, 0.15) is 5.76 Å². The summed E-state index contributed by atoms with van der Waals surface area (Å²) in [6, 6.07) is 3.83. The third-order valence-corrected chi connectivity index (χ3v) is 1.80. The molecule has 0 aromatic carbocycles. The zero-order chi connectivity index (χ0) is 7.52. The van der Waals surface area contributed by atoms with E-state index in [1.807, 2.05) is 18.2 Å². The van der Waals surface area contributed by atoms with Crippen LogP contribution in [0.15, 0.2) is 35.2 Å². The van der Waals surface area contributed by atoms with Gasteiger partial charge in [-0.25, -0.2) is 0 Å². The van der Waals surface area contributed by atoms with Gasteiger partial charge in [-0.1, -0.05) is 0 Å². The Kier molecular flexibility index (Phi) is 1.68. The van der Waals surface area contributed by atoms with E-state index >= 15 is 0 Å². The Bertz CT molecular complexity index is 236. The molecule has 58 valence electrons. The predicted molar refractivity (Wildman–Crippen MR) is 40.9 cm³/mol. The van der Waals surface area contributed by atoms with E-state index in [-0.39, 0.29) is 6.10 Å². The summed E-state index contributed by atoms with van der Waals surface area (Å²) < 4.78 is 10.6. The second-order valence-corrected chi connectivity index (χ2v) is 2.59. The van der Waals surface area contributed by atoms with Gasteiger partial charge in [-0.05, 0) is 31.1 Å². The zero-order valence-electron chi connectivity index (χ0n) is 6.19. The van der Waals surface area contributed by atoms with Crippen molar-refractivity contribution in [2.24, 2.45) is 0 Å². The summed E-state index contributed by atoms with van der Waals surface area (Å²) in [6.07, 6.45) is 7.68. The molecule has 1 aliphatic heterocycles. The summed E-state index contributed by atoms with van der Waals surface area (Å²) in [6.45, 7) is 0. The van der Waals surface area contributed by atoms with Gasteiger partial charge < -0.3 is 9.15 Å². The van der Waals surface area contributed by atoms with E-state index in [1.54, 1.807) is 12.5 Å². The highest BCUT2D eigenvalue weighted by atomic mass is 16.5. The Labute approximate surface area is 65.5 Å². The Morgan fingerprint density at radius 1 is 1.45 bits per heavy atom. The average molecular weight is 150 g/mol. The summed E-state index contributed by atoms with van der Waals surface area (Å²) in [5, 5.41) is 0. The van der Waals surface area contributed by atoms with Crippen molar-refractivity contribution in [1.82, 2.24) is 0 Å². The van der Waals surface area contributed by atoms with Gasteiger partial charge in [-0.3, -0.25) is 0 Å². The molecule has 2 rings (SSSR count). The van der Waals surface area contributed by atoms with E-state index in [1.165, 1.54) is 0 Å². The molecule has 0 aliphatic carbocycles. The van der Waals surface area contributed by atoms with Crippen LogP contribution in [0.1, 0.15) is 24.7 Å². The Morgan fingerprint density at radius 3 is 3.09 bits per heavy atom. The van der Waals surface area contributed by atoms with Crippen molar-refractivity contribution in [2.45, 2.75) is 18.9 Å². The smallest absolute Gasteiger partial charge is 0.155 e. The molecule has 1 aliphatic rings. The molecule has 0 radical (unpaired) electrons. The second kappa shape index (κ2) is 2.82. The Morgan fingerprint density at radius 2 is 2.45 bits per heavy atom. The largest absolute Gasteiger partial charge is 0.490 e. The highest BCUT2D eigenvalue weighted by Crippen LogP contribution is 2.26. The van der Waals surface area contributed by atoms with E-state index in [4.69, 9.17) is 9.15 Å². The van der Waals surface area contributed by atoms with Crippen LogP contribution in [0.4, 0.5) is 0 Å². The summed E-state index contributed by atoms with van der Waals surface area (Å²) in [5.41, 5.74) is 0. The topological polar surface area (TPSA) is 22.4 Å². The van der Waals surface area contributed by atoms with Crippen LogP contribution in [-0.2, 0) is 4.74 Å². The van der Waals surface area contributed by atoms with Crippen LogP contribution in [0, 0.1) is 0 Å². The lowest BCUT2D eigenvalue weighted by Gasteiger charge is -2.16. The molecule has 0 fully saturated rings. The zero-order valence-corrected chi connectivity index (χ0v) is 6.19. The molecule has 0 spiro atoms. The Hall–Kier alpha value is -1.18. The molecule has 1 unspecified atom stereocenters. The molecule has 1 aromatic rings. The molecule has 0 saturated carbocycles. The molecule has 2 heteroatoms. The first-order chi connectivity index (χ1) is 5.47. The van der Waals surface area contributed by atoms with E-state index in [0.717, 1.165) is 18.6 Å². The van der Waals surface area contributed by atoms with Crippen LogP contribution < -0.4 is 0 Å². The summed E-state index contributed by atoms with van der Waals surface area (Å²) >= 11 is 0. The molecule has 0 amide bonds. The van der Waals surface area contributed by atoms with E-state index in [2.05, 4.69) is 0 Å². The van der Waals surface area contributed by atoms with Crippen molar-refractivity contribution >= 4 is 0 Å². The number of hydrogen-bond acceptors (Lipinski definition) is 2. The molecule has 1 atom stereocenters. The lowest BCUT2D eigenvalue weighted by Crippen LogP contribution is -2.01. The van der Waals surface area contributed by atoms with Gasteiger partial charge in [-0.15, -0.1) is 0 Å². The minimum Gasteiger partial charge on any atom is -0.490 e. The second-order valence-electron chi connectivity index (χ2n) is 2.59. The minimum atomic E-state index is 0.134. The maximum Gasteiger partial charge on any atom is 0.155 e. The van der Waals surface area contributed by atoms with Gasteiger partial charge in [0.2, 0.25) is 0 Å². The molecule has 1 aromatic heterocycles. The van der Waals surface area contributed by atoms with Crippen LogP contribution >= 0.6 is 0 Å². The van der Waals surface area contributed by atoms with Crippen molar-refractivity contribution < 1.29 is 9.15 Å². The lowest BCUT2D eigenvalue weighted by molar-refractivity contribution is 0.103. The summed E-state index contributed by atoms with van der Waals surface area (Å²) in [4.78, 5) is 0. The van der Waals surface area contributed by atoms with Gasteiger partial charge >= 0.3 is 0 Å². The molecule has 11 heavy (non-hydrogen) atoms. The van der Waals surface area contributed by atoms with E-state index in [9.17, 15) is 0 Å². The van der Waals surface area contributed by atoms with Gasteiger partial charge in [0.15, 0.2) is 6.10 Å². The average Bonchev–Trinajstić information content (AvgIpc) is 2.58. The highest BCUT2D eigenvalue weighted by molar-refractivity contribution is 5.04. The SMILES string of the molecule is C1=COC(c2ccco2)CC1. The molecule has 2 heterocycles. The highest BCUT2D eigenvalue weighted by Gasteiger charge is 2.15. The van der Waals surface area contributed by atoms with Crippen LogP contribution in [0.25, 0.3) is 0 Å². The number of hydrogen-bond donors (Lipinski definition) is 0. The fourth-order valence-corrected chi connectivity index (χ4v) is 1.22. The number of rotatable bonds is 1. The predicted octanol–water partition coefficient (Wildman–Crippen LogP) is 2.64. The lowest BCUT2D eigenvalue weighted by atomic mass is 10.1. The van der Waals surface area contributed by atoms with E-state index in [0.29, 0.717) is 0 Å². The number of ether oxygens (including phenoxy) is 1. The van der Waals surface area contributed by atoms with Gasteiger partial charge in [0.25, 0.3) is 0 Å². The fraction of sp³-hybridized carbons (Fsp3) is 0.333. The first-order valence-corrected chi connectivity index (χ1v) is 3.81. The third kappa shape index (κ3) is 1.29. The maximum atomic E-state index is 5.35. The van der Waals surface area contributed by atoms with Crippen molar-refractivity contribution in [2.75, 3.05) is 0 Å². The normalized spacial score (nSPS) is 23.1. The number of allylic oxidation sites excluding steroid dienone is 1. The minimum absolute atomic E-state index is 0.134. The van der Waals surface area contributed by atoms with Crippen LogP contribution in [-0.4, -0.2) is 0 Å². The summed E-state index contributed by atoms with van der Waals surface area (Å²) in [5.74, 6) is 0.925. The maximum absolute atomic E-state index is 5.35. The van der Waals surface area contributed by atoms with Gasteiger partial charge in [0.05, 0.1) is 12.5 Å². The third-order valence-electron chi connectivity index (χ3n) is 1.80. The van der Waals surface area contributed by atoms with Crippen LogP contribution in [0.3, 0.4) is 0 Å². The molecule has 2 nitrogen and oxygen atoms in total. The van der Waals surface area contributed by atoms with Crippen molar-refractivity contribution in [3.63, 3.8) is 0 Å². The fourth-order valence-electron chi connectivity index (χ4n) is 1.22. The molecular formula is C9H10O2. The van der Waals surface area contributed by atoms with Crippen molar-refractivity contribution in [1.29, 1.82) is 0 Å². The van der Waals surface area contributed by atoms with Gasteiger partial charge in [-0.2, -0.15) is 0 Å². The monoisotopic (exact) mass is 150 g/mol. The summed E-state index contributed by atoms with van der Waals surface area (Å²) in [7, 11) is 0. The molecule has 0 bridgehead atoms. The van der Waals surface area contributed by atoms with E-state index < -0.39 is 0 Å². The first kappa shape index (κ1) is 6.53. The first-order valence-electron chi connectivity index (χ1n) is 3.81. The number of furan rings is 1. The molecule has 0 N–H and O–H groups in total. The molecular weight excluding hydrogens is 140 g/mol. The van der Waals surface area contributed by atoms with Crippen LogP contribution in [0.2, 0.25) is 0 Å².